The fourth-order valence-electron chi connectivity index (χ4n) is 1.51. The Morgan fingerprint density at radius 2 is 2.00 bits per heavy atom. The minimum absolute atomic E-state index is 0.0247. The molecular weight excluding hydrogens is 252 g/mol. The topological polar surface area (TPSA) is 66.0 Å². The van der Waals surface area contributed by atoms with E-state index in [-0.39, 0.29) is 5.57 Å². The lowest BCUT2D eigenvalue weighted by Crippen LogP contribution is -2.13. The van der Waals surface area contributed by atoms with Crippen LogP contribution in [0.15, 0.2) is 70.9 Å². The number of nitrogens with one attached hydrogen (secondary N) is 1. The molecule has 4 heteroatoms. The van der Waals surface area contributed by atoms with Crippen LogP contribution < -0.4 is 5.32 Å². The van der Waals surface area contributed by atoms with Gasteiger partial charge in [-0.3, -0.25) is 4.79 Å². The van der Waals surface area contributed by atoms with Crippen LogP contribution in [0.3, 0.4) is 0 Å². The van der Waals surface area contributed by atoms with Crippen molar-refractivity contribution in [1.82, 2.24) is 0 Å². The van der Waals surface area contributed by atoms with Crippen molar-refractivity contribution in [2.24, 2.45) is 0 Å². The number of furan rings is 1. The normalized spacial score (nSPS) is 11.2. The van der Waals surface area contributed by atoms with Crippen molar-refractivity contribution >= 4 is 17.7 Å². The summed E-state index contributed by atoms with van der Waals surface area (Å²) in [5.41, 5.74) is 0.672. The molecule has 2 rings (SSSR count). The number of hydrogen-bond acceptors (Lipinski definition) is 3. The Bertz CT molecular complexity index is 662. The van der Waals surface area contributed by atoms with Gasteiger partial charge in [-0.2, -0.15) is 5.26 Å². The third kappa shape index (κ3) is 3.72. The van der Waals surface area contributed by atoms with Gasteiger partial charge in [0.1, 0.15) is 17.4 Å². The maximum absolute atomic E-state index is 11.9. The molecule has 0 saturated heterocycles. The largest absolute Gasteiger partial charge is 0.465 e. The summed E-state index contributed by atoms with van der Waals surface area (Å²) < 4.78 is 5.11. The van der Waals surface area contributed by atoms with E-state index in [9.17, 15) is 4.79 Å². The molecule has 1 N–H and O–H groups in total. The fraction of sp³-hybridized carbons (Fsp3) is 0. The molecule has 1 amide bonds. The van der Waals surface area contributed by atoms with Crippen LogP contribution in [0.5, 0.6) is 0 Å². The Hall–Kier alpha value is -3.06. The highest BCUT2D eigenvalue weighted by atomic mass is 16.3. The highest BCUT2D eigenvalue weighted by Gasteiger charge is 2.07. The first kappa shape index (κ1) is 13.4. The molecule has 0 spiro atoms. The van der Waals surface area contributed by atoms with Crippen molar-refractivity contribution in [3.63, 3.8) is 0 Å². The molecule has 98 valence electrons. The van der Waals surface area contributed by atoms with E-state index in [4.69, 9.17) is 9.68 Å². The molecule has 0 aliphatic heterocycles. The lowest BCUT2D eigenvalue weighted by molar-refractivity contribution is -0.112. The zero-order valence-electron chi connectivity index (χ0n) is 10.6. The monoisotopic (exact) mass is 264 g/mol. The maximum Gasteiger partial charge on any atom is 0.266 e. The summed E-state index contributed by atoms with van der Waals surface area (Å²) in [6, 6.07) is 14.4. The van der Waals surface area contributed by atoms with Gasteiger partial charge in [0.15, 0.2) is 0 Å². The van der Waals surface area contributed by atoms with Crippen molar-refractivity contribution in [1.29, 1.82) is 5.26 Å². The minimum atomic E-state index is -0.442. The molecule has 0 saturated carbocycles. The van der Waals surface area contributed by atoms with Crippen LogP contribution in [-0.4, -0.2) is 5.91 Å². The lowest BCUT2D eigenvalue weighted by Gasteiger charge is -2.02. The standard InChI is InChI=1S/C16H12N2O2/c17-12-13(6-4-9-15-10-5-11-20-15)16(19)18-14-7-2-1-3-8-14/h1-11H,(H,18,19). The average molecular weight is 264 g/mol. The van der Waals surface area contributed by atoms with Crippen LogP contribution in [0.25, 0.3) is 6.08 Å². The number of benzene rings is 1. The summed E-state index contributed by atoms with van der Waals surface area (Å²) in [5, 5.41) is 11.6. The van der Waals surface area contributed by atoms with E-state index < -0.39 is 5.91 Å². The lowest BCUT2D eigenvalue weighted by atomic mass is 10.2. The van der Waals surface area contributed by atoms with Gasteiger partial charge in [-0.25, -0.2) is 0 Å². The van der Waals surface area contributed by atoms with Gasteiger partial charge in [0.05, 0.1) is 6.26 Å². The van der Waals surface area contributed by atoms with Crippen molar-refractivity contribution in [3.8, 4) is 6.07 Å². The van der Waals surface area contributed by atoms with Gasteiger partial charge in [0.25, 0.3) is 5.91 Å². The van der Waals surface area contributed by atoms with Gasteiger partial charge in [0, 0.05) is 5.69 Å². The highest BCUT2D eigenvalue weighted by Crippen LogP contribution is 2.08. The van der Waals surface area contributed by atoms with Crippen LogP contribution in [0.1, 0.15) is 5.76 Å². The van der Waals surface area contributed by atoms with Crippen molar-refractivity contribution < 1.29 is 9.21 Å². The van der Waals surface area contributed by atoms with Gasteiger partial charge in [-0.15, -0.1) is 0 Å². The van der Waals surface area contributed by atoms with Crippen LogP contribution in [0.2, 0.25) is 0 Å². The predicted octanol–water partition coefficient (Wildman–Crippen LogP) is 3.38. The first-order chi connectivity index (χ1) is 9.79. The Morgan fingerprint density at radius 1 is 1.20 bits per heavy atom. The number of allylic oxidation sites excluding steroid dienone is 2. The summed E-state index contributed by atoms with van der Waals surface area (Å²) in [4.78, 5) is 11.9. The molecule has 0 fully saturated rings. The highest BCUT2D eigenvalue weighted by molar-refractivity contribution is 6.06. The zero-order valence-corrected chi connectivity index (χ0v) is 10.6. The number of nitriles is 1. The maximum atomic E-state index is 11.9. The van der Waals surface area contributed by atoms with Crippen LogP contribution in [-0.2, 0) is 4.79 Å². The van der Waals surface area contributed by atoms with E-state index in [1.54, 1.807) is 42.7 Å². The number of para-hydroxylation sites is 1. The number of amides is 1. The quantitative estimate of drug-likeness (QED) is 0.523. The number of carbonyl (C=O) groups is 1. The third-order valence-corrected chi connectivity index (χ3v) is 2.46. The Morgan fingerprint density at radius 3 is 2.65 bits per heavy atom. The molecule has 0 bridgehead atoms. The molecule has 0 aliphatic rings. The molecule has 0 aliphatic carbocycles. The number of rotatable bonds is 4. The number of nitrogens with zero attached hydrogens (tertiary/aromatic N) is 1. The molecule has 2 aromatic rings. The summed E-state index contributed by atoms with van der Waals surface area (Å²) in [5.74, 6) is 0.213. The second-order valence-electron chi connectivity index (χ2n) is 3.89. The Balaban J connectivity index is 2.04. The van der Waals surface area contributed by atoms with Crippen LogP contribution in [0, 0.1) is 11.3 Å². The first-order valence-corrected chi connectivity index (χ1v) is 5.98. The van der Waals surface area contributed by atoms with E-state index in [1.165, 1.54) is 6.08 Å². The molecule has 0 radical (unpaired) electrons. The van der Waals surface area contributed by atoms with Crippen molar-refractivity contribution in [2.75, 3.05) is 5.32 Å². The molecule has 0 unspecified atom stereocenters. The minimum Gasteiger partial charge on any atom is -0.465 e. The predicted molar refractivity (Wildman–Crippen MR) is 76.5 cm³/mol. The first-order valence-electron chi connectivity index (χ1n) is 5.98. The van der Waals surface area contributed by atoms with E-state index in [1.807, 2.05) is 24.3 Å². The Labute approximate surface area is 116 Å². The molecule has 20 heavy (non-hydrogen) atoms. The van der Waals surface area contributed by atoms with E-state index in [0.29, 0.717) is 11.4 Å². The number of carbonyl (C=O) groups excluding carboxylic acids is 1. The third-order valence-electron chi connectivity index (χ3n) is 2.46. The number of anilines is 1. The van der Waals surface area contributed by atoms with Crippen LogP contribution >= 0.6 is 0 Å². The van der Waals surface area contributed by atoms with Gasteiger partial charge in [0.2, 0.25) is 0 Å². The fourth-order valence-corrected chi connectivity index (χ4v) is 1.51. The van der Waals surface area contributed by atoms with Gasteiger partial charge < -0.3 is 9.73 Å². The second-order valence-corrected chi connectivity index (χ2v) is 3.89. The zero-order chi connectivity index (χ0) is 14.2. The van der Waals surface area contributed by atoms with Crippen molar-refractivity contribution in [3.05, 3.63) is 72.2 Å². The van der Waals surface area contributed by atoms with Crippen LogP contribution in [0.4, 0.5) is 5.69 Å². The van der Waals surface area contributed by atoms with Gasteiger partial charge in [-0.05, 0) is 36.4 Å². The molecule has 0 atom stereocenters. The summed E-state index contributed by atoms with van der Waals surface area (Å²) in [7, 11) is 0. The summed E-state index contributed by atoms with van der Waals surface area (Å²) >= 11 is 0. The van der Waals surface area contributed by atoms with E-state index >= 15 is 0 Å². The van der Waals surface area contributed by atoms with Gasteiger partial charge in [-0.1, -0.05) is 24.3 Å². The SMILES string of the molecule is N#CC(=CC=Cc1ccco1)C(=O)Nc1ccccc1. The molecule has 1 heterocycles. The van der Waals surface area contributed by atoms with Crippen molar-refractivity contribution in [2.45, 2.75) is 0 Å². The molecule has 1 aromatic heterocycles. The summed E-state index contributed by atoms with van der Waals surface area (Å²) in [6.07, 6.45) is 6.27. The molecular formula is C16H12N2O2. The van der Waals surface area contributed by atoms with E-state index in [0.717, 1.165) is 0 Å². The summed E-state index contributed by atoms with van der Waals surface area (Å²) in [6.45, 7) is 0. The van der Waals surface area contributed by atoms with E-state index in [2.05, 4.69) is 5.32 Å². The second kappa shape index (κ2) is 6.76. The smallest absolute Gasteiger partial charge is 0.266 e. The molecule has 1 aromatic carbocycles. The molecule has 4 nitrogen and oxygen atoms in total. The number of hydrogen-bond donors (Lipinski definition) is 1. The average Bonchev–Trinajstić information content (AvgIpc) is 2.98. The van der Waals surface area contributed by atoms with Gasteiger partial charge >= 0.3 is 0 Å². The Kier molecular flexibility index (Phi) is 4.52.